The zero-order valence-corrected chi connectivity index (χ0v) is 18.8. The number of fused-ring (bicyclic) bond motifs is 2. The van der Waals surface area contributed by atoms with Crippen molar-refractivity contribution in [2.45, 2.75) is 78.4 Å². The minimum absolute atomic E-state index is 0.111. The highest BCUT2D eigenvalue weighted by atomic mass is 16.3. The number of aliphatic hydroxyl groups is 1. The molecule has 0 saturated carbocycles. The fraction of sp³-hybridized carbons (Fsp3) is 0.538. The second-order valence-corrected chi connectivity index (χ2v) is 8.30. The van der Waals surface area contributed by atoms with Crippen molar-refractivity contribution < 1.29 is 5.11 Å². The van der Waals surface area contributed by atoms with Gasteiger partial charge in [0.15, 0.2) is 0 Å². The average Bonchev–Trinajstić information content (AvgIpc) is 2.69. The molecule has 2 aliphatic rings. The van der Waals surface area contributed by atoms with Gasteiger partial charge >= 0.3 is 0 Å². The third-order valence-corrected chi connectivity index (χ3v) is 5.86. The van der Waals surface area contributed by atoms with Gasteiger partial charge in [-0.05, 0) is 88.7 Å². The normalized spacial score (nSPS) is 20.1. The molecule has 0 aliphatic heterocycles. The molecule has 2 heteroatoms. The summed E-state index contributed by atoms with van der Waals surface area (Å²) in [6, 6.07) is 14.1. The third-order valence-electron chi connectivity index (χ3n) is 5.86. The Balaban J connectivity index is 0.000000186. The van der Waals surface area contributed by atoms with Gasteiger partial charge in [0.05, 0.1) is 6.10 Å². The lowest BCUT2D eigenvalue weighted by atomic mass is 9.87. The van der Waals surface area contributed by atoms with Crippen molar-refractivity contribution in [3.63, 3.8) is 0 Å². The molecule has 2 aromatic carbocycles. The molecule has 2 atom stereocenters. The van der Waals surface area contributed by atoms with Crippen molar-refractivity contribution in [3.05, 3.63) is 69.8 Å². The Morgan fingerprint density at radius 2 is 1.25 bits per heavy atom. The summed E-state index contributed by atoms with van der Waals surface area (Å²) >= 11 is 0. The first-order valence-corrected chi connectivity index (χ1v) is 10.9. The van der Waals surface area contributed by atoms with Crippen LogP contribution in [0.25, 0.3) is 0 Å². The summed E-state index contributed by atoms with van der Waals surface area (Å²) < 4.78 is 0. The van der Waals surface area contributed by atoms with Crippen LogP contribution in [0.1, 0.15) is 60.1 Å². The van der Waals surface area contributed by atoms with Crippen LogP contribution in [0.3, 0.4) is 0 Å². The van der Waals surface area contributed by atoms with E-state index in [4.69, 9.17) is 0 Å². The van der Waals surface area contributed by atoms with Crippen molar-refractivity contribution in [1.82, 2.24) is 4.90 Å². The highest BCUT2D eigenvalue weighted by molar-refractivity contribution is 5.34. The molecule has 28 heavy (non-hydrogen) atoms. The highest BCUT2D eigenvalue weighted by Gasteiger charge is 2.19. The fourth-order valence-electron chi connectivity index (χ4n) is 4.17. The van der Waals surface area contributed by atoms with Crippen molar-refractivity contribution >= 4 is 0 Å². The Bertz CT molecular complexity index is 750. The minimum atomic E-state index is -0.111. The van der Waals surface area contributed by atoms with Crippen molar-refractivity contribution in [1.29, 1.82) is 0 Å². The van der Waals surface area contributed by atoms with E-state index >= 15 is 0 Å². The Kier molecular flexibility index (Phi) is 8.72. The van der Waals surface area contributed by atoms with Gasteiger partial charge in [-0.1, -0.05) is 61.4 Å². The number of aryl methyl sites for hydroxylation is 4. The Labute approximate surface area is 172 Å². The number of likely N-dealkylation sites (N-methyl/N-ethyl adjacent to an activating group) is 1. The van der Waals surface area contributed by atoms with Crippen LogP contribution in [-0.4, -0.2) is 36.2 Å². The van der Waals surface area contributed by atoms with E-state index in [-0.39, 0.29) is 6.10 Å². The third kappa shape index (κ3) is 6.18. The van der Waals surface area contributed by atoms with Crippen LogP contribution in [-0.2, 0) is 25.7 Å². The van der Waals surface area contributed by atoms with Gasteiger partial charge in [-0.25, -0.2) is 0 Å². The quantitative estimate of drug-likeness (QED) is 0.726. The molecule has 0 amide bonds. The second-order valence-electron chi connectivity index (χ2n) is 8.30. The van der Waals surface area contributed by atoms with Crippen molar-refractivity contribution in [3.8, 4) is 0 Å². The molecule has 0 radical (unpaired) electrons. The van der Waals surface area contributed by atoms with Gasteiger partial charge in [-0.3, -0.25) is 0 Å². The molecule has 0 bridgehead atoms. The van der Waals surface area contributed by atoms with Gasteiger partial charge in [-0.2, -0.15) is 0 Å². The first-order valence-electron chi connectivity index (χ1n) is 10.9. The van der Waals surface area contributed by atoms with E-state index in [9.17, 15) is 5.11 Å². The van der Waals surface area contributed by atoms with Gasteiger partial charge < -0.3 is 10.0 Å². The first-order chi connectivity index (χ1) is 13.4. The van der Waals surface area contributed by atoms with Crippen molar-refractivity contribution in [2.75, 3.05) is 14.1 Å². The second kappa shape index (κ2) is 10.8. The van der Waals surface area contributed by atoms with Gasteiger partial charge in [0, 0.05) is 6.04 Å². The lowest BCUT2D eigenvalue weighted by molar-refractivity contribution is 0.158. The largest absolute Gasteiger partial charge is 0.393 e. The molecule has 2 aliphatic carbocycles. The van der Waals surface area contributed by atoms with Crippen LogP contribution in [0.2, 0.25) is 0 Å². The molecule has 0 spiro atoms. The molecule has 154 valence electrons. The Morgan fingerprint density at radius 3 is 1.79 bits per heavy atom. The molecule has 0 aromatic heterocycles. The summed E-state index contributed by atoms with van der Waals surface area (Å²) in [5.41, 5.74) is 8.61. The summed E-state index contributed by atoms with van der Waals surface area (Å²) in [5, 5.41) is 9.43. The number of hydrogen-bond acceptors (Lipinski definition) is 2. The van der Waals surface area contributed by atoms with E-state index in [0.717, 1.165) is 25.3 Å². The number of aliphatic hydroxyl groups excluding tert-OH is 1. The van der Waals surface area contributed by atoms with Crippen molar-refractivity contribution in [2.24, 2.45) is 0 Å². The van der Waals surface area contributed by atoms with E-state index in [1.54, 1.807) is 11.1 Å². The SMILES string of the molecule is CC.Cc1ccc2c(c1)CCC(N(C)C)C2.Cc1ccc2c(c1)CCC(O)C2. The Morgan fingerprint density at radius 1 is 0.750 bits per heavy atom. The predicted molar refractivity (Wildman–Crippen MR) is 121 cm³/mol. The zero-order chi connectivity index (χ0) is 20.7. The standard InChI is InChI=1S/C13H19N.C11H14O.C2H6/c1-10-4-5-12-9-13(14(2)3)7-6-11(12)8-10;1-8-2-3-10-7-11(12)5-4-9(10)6-8;1-2/h4-5,8,13H,6-7,9H2,1-3H3;2-3,6,11-12H,4-5,7H2,1H3;1-2H3. The summed E-state index contributed by atoms with van der Waals surface area (Å²) in [7, 11) is 4.37. The highest BCUT2D eigenvalue weighted by Crippen LogP contribution is 2.24. The van der Waals surface area contributed by atoms with E-state index < -0.39 is 0 Å². The monoisotopic (exact) mass is 381 g/mol. The maximum absolute atomic E-state index is 9.43. The van der Waals surface area contributed by atoms with E-state index in [1.165, 1.54) is 41.5 Å². The fourth-order valence-corrected chi connectivity index (χ4v) is 4.17. The van der Waals surface area contributed by atoms with Crippen LogP contribution < -0.4 is 0 Å². The Hall–Kier alpha value is -1.64. The van der Waals surface area contributed by atoms with Crippen LogP contribution in [0.4, 0.5) is 0 Å². The maximum atomic E-state index is 9.43. The number of benzene rings is 2. The van der Waals surface area contributed by atoms with Gasteiger partial charge in [0.1, 0.15) is 0 Å². The van der Waals surface area contributed by atoms with Crippen LogP contribution in [0.5, 0.6) is 0 Å². The molecule has 4 rings (SSSR count). The van der Waals surface area contributed by atoms with Gasteiger partial charge in [0.25, 0.3) is 0 Å². The first kappa shape index (κ1) is 22.6. The smallest absolute Gasteiger partial charge is 0.0583 e. The molecule has 2 unspecified atom stereocenters. The van der Waals surface area contributed by atoms with Crippen LogP contribution in [0, 0.1) is 13.8 Å². The molecule has 0 fully saturated rings. The molecular formula is C26H39NO. The van der Waals surface area contributed by atoms with E-state index in [2.05, 4.69) is 69.2 Å². The van der Waals surface area contributed by atoms with Crippen LogP contribution >= 0.6 is 0 Å². The van der Waals surface area contributed by atoms with E-state index in [0.29, 0.717) is 0 Å². The molecule has 0 saturated heterocycles. The zero-order valence-electron chi connectivity index (χ0n) is 18.8. The number of rotatable bonds is 1. The molecular weight excluding hydrogens is 342 g/mol. The molecule has 1 N–H and O–H groups in total. The summed E-state index contributed by atoms with van der Waals surface area (Å²) in [5.74, 6) is 0. The average molecular weight is 382 g/mol. The number of hydrogen-bond donors (Lipinski definition) is 1. The predicted octanol–water partition coefficient (Wildman–Crippen LogP) is 5.28. The van der Waals surface area contributed by atoms with Gasteiger partial charge in [-0.15, -0.1) is 0 Å². The minimum Gasteiger partial charge on any atom is -0.393 e. The molecule has 2 aromatic rings. The maximum Gasteiger partial charge on any atom is 0.0583 e. The lowest BCUT2D eigenvalue weighted by Gasteiger charge is -2.30. The summed E-state index contributed by atoms with van der Waals surface area (Å²) in [6.07, 6.45) is 6.48. The summed E-state index contributed by atoms with van der Waals surface area (Å²) in [4.78, 5) is 2.35. The van der Waals surface area contributed by atoms with Crippen LogP contribution in [0.15, 0.2) is 36.4 Å². The topological polar surface area (TPSA) is 23.5 Å². The number of nitrogens with zero attached hydrogens (tertiary/aromatic N) is 1. The lowest BCUT2D eigenvalue weighted by Crippen LogP contribution is -2.33. The van der Waals surface area contributed by atoms with E-state index in [1.807, 2.05) is 13.8 Å². The van der Waals surface area contributed by atoms with Gasteiger partial charge in [0.2, 0.25) is 0 Å². The summed E-state index contributed by atoms with van der Waals surface area (Å²) in [6.45, 7) is 8.30. The molecule has 2 nitrogen and oxygen atoms in total. The molecule has 0 heterocycles.